The van der Waals surface area contributed by atoms with Crippen molar-refractivity contribution in [1.29, 1.82) is 0 Å². The van der Waals surface area contributed by atoms with Crippen LogP contribution in [0.4, 0.5) is 18.9 Å². The average molecular weight is 364 g/mol. The Morgan fingerprint density at radius 1 is 1.15 bits per heavy atom. The zero-order valence-electron chi connectivity index (χ0n) is 13.7. The Labute approximate surface area is 147 Å². The lowest BCUT2D eigenvalue weighted by molar-refractivity contribution is -0.137. The number of carbonyl (C=O) groups excluding carboxylic acids is 2. The average Bonchev–Trinajstić information content (AvgIpc) is 2.60. The van der Waals surface area contributed by atoms with E-state index in [4.69, 9.17) is 0 Å². The van der Waals surface area contributed by atoms with Gasteiger partial charge in [0.25, 0.3) is 5.91 Å². The summed E-state index contributed by atoms with van der Waals surface area (Å²) >= 11 is 0. The smallest absolute Gasteiger partial charge is 0.325 e. The van der Waals surface area contributed by atoms with E-state index in [-0.39, 0.29) is 23.4 Å². The van der Waals surface area contributed by atoms with Crippen molar-refractivity contribution in [2.75, 3.05) is 5.32 Å². The molecule has 0 atom stereocenters. The van der Waals surface area contributed by atoms with Crippen LogP contribution in [0.15, 0.2) is 53.9 Å². The first-order chi connectivity index (χ1) is 12.3. The number of halogens is 3. The van der Waals surface area contributed by atoms with Gasteiger partial charge >= 0.3 is 6.18 Å². The molecule has 26 heavy (non-hydrogen) atoms. The maximum Gasteiger partial charge on any atom is 0.418 e. The summed E-state index contributed by atoms with van der Waals surface area (Å²) in [5.41, 5.74) is 1.49. The number of nitrogens with one attached hydrogen (secondary N) is 2. The van der Waals surface area contributed by atoms with Gasteiger partial charge in [-0.3, -0.25) is 14.6 Å². The molecule has 0 saturated carbocycles. The van der Waals surface area contributed by atoms with Gasteiger partial charge in [0.1, 0.15) is 0 Å². The Balaban J connectivity index is 1.97. The highest BCUT2D eigenvalue weighted by Gasteiger charge is 2.33. The molecule has 0 saturated heterocycles. The van der Waals surface area contributed by atoms with Crippen LogP contribution in [0.1, 0.15) is 29.3 Å². The minimum absolute atomic E-state index is 0.226. The monoisotopic (exact) mass is 364 g/mol. The van der Waals surface area contributed by atoms with E-state index in [1.54, 1.807) is 6.07 Å². The number of hydrazone groups is 1. The van der Waals surface area contributed by atoms with Crippen LogP contribution in [0.5, 0.6) is 0 Å². The first kappa shape index (κ1) is 19.1. The van der Waals surface area contributed by atoms with Crippen molar-refractivity contribution in [3.05, 3.63) is 59.9 Å². The zero-order chi connectivity index (χ0) is 19.2. The Morgan fingerprint density at radius 2 is 1.88 bits per heavy atom. The molecule has 1 aromatic carbocycles. The minimum Gasteiger partial charge on any atom is -0.325 e. The van der Waals surface area contributed by atoms with Crippen LogP contribution >= 0.6 is 0 Å². The van der Waals surface area contributed by atoms with E-state index in [0.29, 0.717) is 0 Å². The first-order valence-corrected chi connectivity index (χ1v) is 7.47. The number of anilines is 1. The van der Waals surface area contributed by atoms with Crippen LogP contribution in [0, 0.1) is 0 Å². The second-order valence-electron chi connectivity index (χ2n) is 5.30. The van der Waals surface area contributed by atoms with Crippen LogP contribution in [0.3, 0.4) is 0 Å². The predicted octanol–water partition coefficient (Wildman–Crippen LogP) is 3.23. The number of carbonyl (C=O) groups is 2. The number of amides is 2. The molecule has 0 aliphatic rings. The number of para-hydroxylation sites is 1. The molecule has 1 aromatic heterocycles. The molecule has 136 valence electrons. The number of aromatic nitrogens is 1. The van der Waals surface area contributed by atoms with E-state index >= 15 is 0 Å². The fourth-order valence-electron chi connectivity index (χ4n) is 2.01. The van der Waals surface area contributed by atoms with Crippen molar-refractivity contribution in [3.63, 3.8) is 0 Å². The third-order valence-corrected chi connectivity index (χ3v) is 3.19. The largest absolute Gasteiger partial charge is 0.418 e. The highest BCUT2D eigenvalue weighted by Crippen LogP contribution is 2.34. The Morgan fingerprint density at radius 3 is 2.54 bits per heavy atom. The number of alkyl halides is 3. The Kier molecular flexibility index (Phi) is 6.05. The molecule has 2 N–H and O–H groups in total. The van der Waals surface area contributed by atoms with Gasteiger partial charge in [-0.15, -0.1) is 0 Å². The van der Waals surface area contributed by atoms with E-state index in [1.807, 2.05) is 0 Å². The number of hydrogen-bond acceptors (Lipinski definition) is 4. The molecule has 2 amide bonds. The molecule has 1 heterocycles. The summed E-state index contributed by atoms with van der Waals surface area (Å²) < 4.78 is 38.7. The molecule has 0 spiro atoms. The number of nitrogens with zero attached hydrogens (tertiary/aromatic N) is 2. The van der Waals surface area contributed by atoms with Crippen molar-refractivity contribution < 1.29 is 22.8 Å². The van der Waals surface area contributed by atoms with Gasteiger partial charge < -0.3 is 5.32 Å². The molecule has 0 aliphatic carbocycles. The molecule has 0 bridgehead atoms. The molecular weight excluding hydrogens is 349 g/mol. The molecule has 6 nitrogen and oxygen atoms in total. The van der Waals surface area contributed by atoms with E-state index < -0.39 is 23.6 Å². The van der Waals surface area contributed by atoms with E-state index in [9.17, 15) is 22.8 Å². The molecule has 9 heteroatoms. The van der Waals surface area contributed by atoms with Crippen molar-refractivity contribution in [3.8, 4) is 0 Å². The summed E-state index contributed by atoms with van der Waals surface area (Å²) in [7, 11) is 0. The summed E-state index contributed by atoms with van der Waals surface area (Å²) in [5.74, 6) is -1.20. The third-order valence-electron chi connectivity index (χ3n) is 3.19. The maximum absolute atomic E-state index is 12.9. The van der Waals surface area contributed by atoms with Gasteiger partial charge in [0.05, 0.1) is 23.2 Å². The first-order valence-electron chi connectivity index (χ1n) is 7.47. The van der Waals surface area contributed by atoms with Gasteiger partial charge in [0.15, 0.2) is 0 Å². The highest BCUT2D eigenvalue weighted by atomic mass is 19.4. The molecule has 0 radical (unpaired) electrons. The lowest BCUT2D eigenvalue weighted by Crippen LogP contribution is -2.22. The molecular formula is C17H15F3N4O2. The molecule has 2 rings (SSSR count). The van der Waals surface area contributed by atoms with Crippen molar-refractivity contribution in [2.45, 2.75) is 19.5 Å². The number of pyridine rings is 1. The van der Waals surface area contributed by atoms with Gasteiger partial charge in [-0.25, -0.2) is 5.43 Å². The summed E-state index contributed by atoms with van der Waals surface area (Å²) in [6.45, 7) is 1.47. The van der Waals surface area contributed by atoms with Crippen LogP contribution in [0.2, 0.25) is 0 Å². The highest BCUT2D eigenvalue weighted by molar-refractivity contribution is 6.06. The normalized spacial score (nSPS) is 11.8. The third kappa shape index (κ3) is 5.40. The van der Waals surface area contributed by atoms with E-state index in [1.165, 1.54) is 37.5 Å². The maximum atomic E-state index is 12.9. The topological polar surface area (TPSA) is 83.5 Å². The quantitative estimate of drug-likeness (QED) is 0.631. The summed E-state index contributed by atoms with van der Waals surface area (Å²) in [4.78, 5) is 27.5. The van der Waals surface area contributed by atoms with Gasteiger partial charge in [-0.2, -0.15) is 18.3 Å². The lowest BCUT2D eigenvalue weighted by atomic mass is 10.1. The van der Waals surface area contributed by atoms with Gasteiger partial charge in [-0.1, -0.05) is 12.1 Å². The summed E-state index contributed by atoms with van der Waals surface area (Å²) in [5, 5.41) is 5.96. The number of rotatable bonds is 5. The molecule has 0 aliphatic heterocycles. The van der Waals surface area contributed by atoms with Crippen LogP contribution in [0.25, 0.3) is 0 Å². The molecule has 2 aromatic rings. The van der Waals surface area contributed by atoms with Crippen LogP contribution in [-0.2, 0) is 11.0 Å². The lowest BCUT2D eigenvalue weighted by Gasteiger charge is -2.13. The van der Waals surface area contributed by atoms with E-state index in [2.05, 4.69) is 20.8 Å². The second-order valence-corrected chi connectivity index (χ2v) is 5.30. The molecule has 0 unspecified atom stereocenters. The predicted molar refractivity (Wildman–Crippen MR) is 89.5 cm³/mol. The van der Waals surface area contributed by atoms with Crippen molar-refractivity contribution in [1.82, 2.24) is 10.4 Å². The molecule has 0 fully saturated rings. The number of benzene rings is 1. The van der Waals surface area contributed by atoms with Crippen molar-refractivity contribution in [2.24, 2.45) is 5.10 Å². The van der Waals surface area contributed by atoms with Crippen molar-refractivity contribution >= 4 is 23.2 Å². The second kappa shape index (κ2) is 8.24. The SMILES string of the molecule is CC(CC(=O)Nc1ccccc1C(F)(F)F)=NNC(=O)c1cccnc1. The summed E-state index contributed by atoms with van der Waals surface area (Å²) in [6, 6.07) is 7.78. The fourth-order valence-corrected chi connectivity index (χ4v) is 2.01. The fraction of sp³-hybridized carbons (Fsp3) is 0.176. The number of hydrogen-bond donors (Lipinski definition) is 2. The minimum atomic E-state index is -4.58. The van der Waals surface area contributed by atoms with Gasteiger partial charge in [-0.05, 0) is 31.2 Å². The van der Waals surface area contributed by atoms with Crippen LogP contribution < -0.4 is 10.7 Å². The van der Waals surface area contributed by atoms with Gasteiger partial charge in [0, 0.05) is 18.1 Å². The van der Waals surface area contributed by atoms with Gasteiger partial charge in [0.2, 0.25) is 5.91 Å². The van der Waals surface area contributed by atoms with Crippen LogP contribution in [-0.4, -0.2) is 22.5 Å². The summed E-state index contributed by atoms with van der Waals surface area (Å²) in [6.07, 6.45) is -2.00. The Bertz CT molecular complexity index is 820. The Hall–Kier alpha value is -3.23. The standard InChI is InChI=1S/C17H15F3N4O2/c1-11(23-24-16(26)12-5-4-8-21-10-12)9-15(25)22-14-7-3-2-6-13(14)17(18,19)20/h2-8,10H,9H2,1H3,(H,22,25)(H,24,26). The van der Waals surface area contributed by atoms with E-state index in [0.717, 1.165) is 12.1 Å². The zero-order valence-corrected chi connectivity index (χ0v) is 13.7.